The van der Waals surface area contributed by atoms with E-state index in [0.717, 1.165) is 25.9 Å². The summed E-state index contributed by atoms with van der Waals surface area (Å²) in [5.41, 5.74) is 1.38. The average Bonchev–Trinajstić information content (AvgIpc) is 3.12. The topological polar surface area (TPSA) is 85.2 Å². The van der Waals surface area contributed by atoms with Crippen LogP contribution in [0.5, 0.6) is 0 Å². The summed E-state index contributed by atoms with van der Waals surface area (Å²) in [5.74, 6) is 0.400. The number of hydrogen-bond donors (Lipinski definition) is 1. The van der Waals surface area contributed by atoms with Crippen LogP contribution in [0.2, 0.25) is 0 Å². The van der Waals surface area contributed by atoms with E-state index in [-0.39, 0.29) is 5.97 Å². The van der Waals surface area contributed by atoms with Gasteiger partial charge in [0.05, 0.1) is 34.0 Å². The molecule has 0 amide bonds. The maximum absolute atomic E-state index is 11.6. The molecule has 0 fully saturated rings. The monoisotopic (exact) mass is 403 g/mol. The summed E-state index contributed by atoms with van der Waals surface area (Å²) in [5, 5.41) is 11.2. The number of methoxy groups -OCH3 is 1. The van der Waals surface area contributed by atoms with Crippen molar-refractivity contribution < 1.29 is 14.6 Å². The Labute approximate surface area is 166 Å². The van der Waals surface area contributed by atoms with Gasteiger partial charge in [-0.3, -0.25) is 0 Å². The molecule has 0 aliphatic rings. The number of aliphatic hydroxyl groups excluding tert-OH is 1. The van der Waals surface area contributed by atoms with E-state index >= 15 is 0 Å². The molecular weight excluding hydrogens is 382 g/mol. The summed E-state index contributed by atoms with van der Waals surface area (Å²) in [4.78, 5) is 25.8. The number of thioether (sulfide) groups is 1. The van der Waals surface area contributed by atoms with E-state index in [4.69, 9.17) is 4.74 Å². The molecule has 0 bridgehead atoms. The van der Waals surface area contributed by atoms with Gasteiger partial charge in [0, 0.05) is 30.1 Å². The number of aryl methyl sites for hydroxylation is 2. The Morgan fingerprint density at radius 2 is 2.00 bits per heavy atom. The highest BCUT2D eigenvalue weighted by Crippen LogP contribution is 2.25. The Kier molecular flexibility index (Phi) is 6.76. The molecule has 3 aromatic rings. The number of thiazole rings is 1. The van der Waals surface area contributed by atoms with Crippen LogP contribution in [-0.2, 0) is 17.6 Å². The van der Waals surface area contributed by atoms with Crippen molar-refractivity contribution in [2.75, 3.05) is 13.4 Å². The summed E-state index contributed by atoms with van der Waals surface area (Å²) in [6.07, 6.45) is 7.78. The largest absolute Gasteiger partial charge is 0.465 e. The smallest absolute Gasteiger partial charge is 0.337 e. The zero-order valence-electron chi connectivity index (χ0n) is 15.2. The van der Waals surface area contributed by atoms with Gasteiger partial charge in [-0.1, -0.05) is 0 Å². The zero-order valence-corrected chi connectivity index (χ0v) is 16.8. The van der Waals surface area contributed by atoms with Crippen LogP contribution in [0.1, 0.15) is 34.0 Å². The van der Waals surface area contributed by atoms with Crippen LogP contribution in [0, 0.1) is 0 Å². The molecule has 0 saturated carbocycles. The molecule has 8 heteroatoms. The van der Waals surface area contributed by atoms with Crippen LogP contribution < -0.4 is 0 Å². The van der Waals surface area contributed by atoms with Crippen molar-refractivity contribution in [3.05, 3.63) is 47.0 Å². The van der Waals surface area contributed by atoms with Crippen molar-refractivity contribution >= 4 is 39.3 Å². The SMILES string of the molecule is COC(=O)c1ccc2nc(CC[C@H](O)CCc3ncc(SC)cn3)sc2c1. The molecule has 2 aromatic heterocycles. The third-order valence-electron chi connectivity index (χ3n) is 4.16. The first-order valence-corrected chi connectivity index (χ1v) is 10.6. The van der Waals surface area contributed by atoms with Gasteiger partial charge >= 0.3 is 5.97 Å². The zero-order chi connectivity index (χ0) is 19.2. The molecule has 1 atom stereocenters. The predicted molar refractivity (Wildman–Crippen MR) is 107 cm³/mol. The lowest BCUT2D eigenvalue weighted by molar-refractivity contribution is 0.0601. The van der Waals surface area contributed by atoms with Crippen LogP contribution >= 0.6 is 23.1 Å². The minimum atomic E-state index is -0.425. The first kappa shape index (κ1) is 19.7. The number of rotatable bonds is 8. The Bertz CT molecular complexity index is 912. The number of fused-ring (bicyclic) bond motifs is 1. The van der Waals surface area contributed by atoms with E-state index in [0.29, 0.717) is 31.2 Å². The number of ether oxygens (including phenoxy) is 1. The molecule has 142 valence electrons. The lowest BCUT2D eigenvalue weighted by atomic mass is 10.1. The molecule has 0 radical (unpaired) electrons. The highest BCUT2D eigenvalue weighted by atomic mass is 32.2. The van der Waals surface area contributed by atoms with Crippen molar-refractivity contribution in [1.29, 1.82) is 0 Å². The number of nitrogens with zero attached hydrogens (tertiary/aromatic N) is 3. The second-order valence-electron chi connectivity index (χ2n) is 6.05. The maximum atomic E-state index is 11.6. The number of aliphatic hydroxyl groups is 1. The Balaban J connectivity index is 1.53. The fourth-order valence-corrected chi connectivity index (χ4v) is 3.97. The molecule has 3 rings (SSSR count). The van der Waals surface area contributed by atoms with Gasteiger partial charge in [0.2, 0.25) is 0 Å². The quantitative estimate of drug-likeness (QED) is 0.455. The summed E-state index contributed by atoms with van der Waals surface area (Å²) in [7, 11) is 1.37. The van der Waals surface area contributed by atoms with E-state index in [2.05, 4.69) is 15.0 Å². The third-order valence-corrected chi connectivity index (χ3v) is 5.92. The Morgan fingerprint density at radius 3 is 2.70 bits per heavy atom. The fraction of sp³-hybridized carbons (Fsp3) is 0.368. The van der Waals surface area contributed by atoms with Gasteiger partial charge in [-0.05, 0) is 37.3 Å². The molecule has 0 spiro atoms. The number of hydrogen-bond acceptors (Lipinski definition) is 8. The van der Waals surface area contributed by atoms with Crippen molar-refractivity contribution in [2.45, 2.75) is 36.7 Å². The number of esters is 1. The minimum Gasteiger partial charge on any atom is -0.465 e. The average molecular weight is 404 g/mol. The number of carbonyl (C=O) groups is 1. The van der Waals surface area contributed by atoms with Crippen molar-refractivity contribution in [2.24, 2.45) is 0 Å². The predicted octanol–water partition coefficient (Wildman–Crippen LogP) is 3.52. The van der Waals surface area contributed by atoms with Crippen LogP contribution in [0.4, 0.5) is 0 Å². The van der Waals surface area contributed by atoms with Gasteiger partial charge < -0.3 is 9.84 Å². The summed E-state index contributed by atoms with van der Waals surface area (Å²) in [6.45, 7) is 0. The van der Waals surface area contributed by atoms with Crippen LogP contribution in [-0.4, -0.2) is 45.5 Å². The lowest BCUT2D eigenvalue weighted by Gasteiger charge is -2.08. The number of carbonyl (C=O) groups excluding carboxylic acids is 1. The minimum absolute atomic E-state index is 0.352. The van der Waals surface area contributed by atoms with Gasteiger partial charge in [-0.25, -0.2) is 19.7 Å². The molecule has 0 unspecified atom stereocenters. The lowest BCUT2D eigenvalue weighted by Crippen LogP contribution is -2.10. The molecule has 1 aromatic carbocycles. The second kappa shape index (κ2) is 9.25. The Hall–Kier alpha value is -2.03. The van der Waals surface area contributed by atoms with E-state index in [1.807, 2.05) is 24.7 Å². The van der Waals surface area contributed by atoms with Crippen LogP contribution in [0.3, 0.4) is 0 Å². The maximum Gasteiger partial charge on any atom is 0.337 e. The molecule has 27 heavy (non-hydrogen) atoms. The first-order valence-electron chi connectivity index (χ1n) is 8.60. The van der Waals surface area contributed by atoms with Crippen LogP contribution in [0.15, 0.2) is 35.5 Å². The van der Waals surface area contributed by atoms with Gasteiger partial charge in [-0.2, -0.15) is 0 Å². The van der Waals surface area contributed by atoms with Crippen molar-refractivity contribution in [3.63, 3.8) is 0 Å². The standard InChI is InChI=1S/C19H21N3O3S2/c1-25-19(24)12-3-6-15-16(9-12)27-18(22-15)8-5-13(23)4-7-17-20-10-14(26-2)11-21-17/h3,6,9-11,13,23H,4-5,7-8H2,1-2H3/t13-/m1/s1. The van der Waals surface area contributed by atoms with E-state index in [9.17, 15) is 9.90 Å². The molecular formula is C19H21N3O3S2. The molecule has 0 aliphatic carbocycles. The number of benzene rings is 1. The molecule has 0 aliphatic heterocycles. The van der Waals surface area contributed by atoms with E-state index in [1.165, 1.54) is 7.11 Å². The third kappa shape index (κ3) is 5.24. The molecule has 0 saturated heterocycles. The van der Waals surface area contributed by atoms with Crippen LogP contribution in [0.25, 0.3) is 10.2 Å². The fourth-order valence-electron chi connectivity index (χ4n) is 2.63. The highest BCUT2D eigenvalue weighted by molar-refractivity contribution is 7.98. The second-order valence-corrected chi connectivity index (χ2v) is 8.05. The van der Waals surface area contributed by atoms with Gasteiger partial charge in [0.1, 0.15) is 5.82 Å². The molecule has 6 nitrogen and oxygen atoms in total. The van der Waals surface area contributed by atoms with Crippen molar-refractivity contribution in [3.8, 4) is 0 Å². The Morgan fingerprint density at radius 1 is 1.26 bits per heavy atom. The summed E-state index contributed by atoms with van der Waals surface area (Å²) in [6, 6.07) is 5.34. The van der Waals surface area contributed by atoms with Gasteiger partial charge in [-0.15, -0.1) is 23.1 Å². The summed E-state index contributed by atoms with van der Waals surface area (Å²) < 4.78 is 5.70. The van der Waals surface area contributed by atoms with Gasteiger partial charge in [0.25, 0.3) is 0 Å². The molecule has 2 heterocycles. The summed E-state index contributed by atoms with van der Waals surface area (Å²) >= 11 is 3.15. The normalized spacial score (nSPS) is 12.3. The molecule has 1 N–H and O–H groups in total. The highest BCUT2D eigenvalue weighted by Gasteiger charge is 2.12. The van der Waals surface area contributed by atoms with Gasteiger partial charge in [0.15, 0.2) is 0 Å². The van der Waals surface area contributed by atoms with E-state index < -0.39 is 6.10 Å². The van der Waals surface area contributed by atoms with E-state index in [1.54, 1.807) is 35.2 Å². The first-order chi connectivity index (χ1) is 13.1. The van der Waals surface area contributed by atoms with Crippen molar-refractivity contribution in [1.82, 2.24) is 15.0 Å². The number of aromatic nitrogens is 3.